The molecule has 5 amide bonds. The molecule has 4 unspecified atom stereocenters. The highest BCUT2D eigenvalue weighted by atomic mass is 32.3. The molecule has 2 heterocycles. The third-order valence-electron chi connectivity index (χ3n) is 10.3. The summed E-state index contributed by atoms with van der Waals surface area (Å²) in [6.45, 7) is 27.6. The minimum atomic E-state index is -3.37. The fourth-order valence-corrected chi connectivity index (χ4v) is 9.44. The second-order valence-electron chi connectivity index (χ2n) is 17.5. The predicted molar refractivity (Wildman–Crippen MR) is 227 cm³/mol. The Labute approximate surface area is 335 Å². The van der Waals surface area contributed by atoms with E-state index in [9.17, 15) is 28.2 Å². The number of nitrogens with zero attached hydrogens (tertiary/aromatic N) is 1. The molecule has 3 fully saturated rings. The van der Waals surface area contributed by atoms with Gasteiger partial charge in [0.1, 0.15) is 12.1 Å². The number of unbranched alkanes of at least 4 members (excludes halogenated alkanes) is 4. The smallest absolute Gasteiger partial charge is 0.315 e. The number of carbonyl (C=O) groups is 5. The van der Waals surface area contributed by atoms with E-state index in [0.717, 1.165) is 44.9 Å². The lowest BCUT2D eigenvalue weighted by Crippen LogP contribution is -2.61. The van der Waals surface area contributed by atoms with E-state index in [1.54, 1.807) is 4.90 Å². The Morgan fingerprint density at radius 3 is 1.84 bits per heavy atom. The summed E-state index contributed by atoms with van der Waals surface area (Å²) in [4.78, 5) is 64.5. The van der Waals surface area contributed by atoms with Crippen molar-refractivity contribution >= 4 is 39.4 Å². The summed E-state index contributed by atoms with van der Waals surface area (Å²) in [7, 11) is -3.37. The van der Waals surface area contributed by atoms with Crippen LogP contribution in [0.1, 0.15) is 174 Å². The molecule has 1 aliphatic carbocycles. The summed E-state index contributed by atoms with van der Waals surface area (Å²) in [6.07, 6.45) is 12.0. The lowest BCUT2D eigenvalue weighted by Gasteiger charge is -2.41. The zero-order valence-corrected chi connectivity index (χ0v) is 38.2. The number of hydrogen-bond acceptors (Lipinski definition) is 7. The van der Waals surface area contributed by atoms with Crippen LogP contribution >= 0.6 is 0 Å². The lowest BCUT2D eigenvalue weighted by atomic mass is 9.85. The second-order valence-corrected chi connectivity index (χ2v) is 21.9. The fraction of sp³-hybridized carbons (Fsp3) is 0.881. The van der Waals surface area contributed by atoms with Crippen molar-refractivity contribution < 1.29 is 32.4 Å². The molecule has 13 heteroatoms. The Bertz CT molecular complexity index is 1250. The first-order valence-corrected chi connectivity index (χ1v) is 23.5. The van der Waals surface area contributed by atoms with E-state index in [4.69, 9.17) is 4.18 Å². The predicted octanol–water partition coefficient (Wildman–Crippen LogP) is 7.40. The highest BCUT2D eigenvalue weighted by molar-refractivity contribution is 8.21. The standard InChI is InChI=1S/C33H62N4O6S.C4H7NO.C3H8.C2H6/c1-11-13-15-16-17-25(21-44(42,22-43-44)33(8,9)10)34-31(41)36-28(32(5,6)7)30(40)37-20-19-23(3)27(37)29(39)35-26(24(4)38)18-14-12-2;6-3-5-4-1-2-4;1-3-2;1-2/h23,25-28H,11-22H2,1-10H3,(H,35,39)(H2,34,36,41);3-4H,1-2H2,(H,5,6);3H2,1-2H3;1-2H3/t23?,25?,26-,27?,28?;;;/m1.../s1. The number of rotatable bonds is 18. The Morgan fingerprint density at radius 1 is 0.855 bits per heavy atom. The first-order chi connectivity index (χ1) is 25.6. The van der Waals surface area contributed by atoms with Crippen molar-refractivity contribution in [3.63, 3.8) is 0 Å². The largest absolute Gasteiger partial charge is 0.356 e. The van der Waals surface area contributed by atoms with Crippen molar-refractivity contribution in [2.75, 3.05) is 18.2 Å². The van der Waals surface area contributed by atoms with Gasteiger partial charge in [-0.25, -0.2) is 9.00 Å². The molecule has 0 aromatic rings. The zero-order chi connectivity index (χ0) is 42.6. The van der Waals surface area contributed by atoms with Crippen LogP contribution in [0.2, 0.25) is 0 Å². The van der Waals surface area contributed by atoms with Crippen LogP contribution < -0.4 is 21.3 Å². The summed E-state index contributed by atoms with van der Waals surface area (Å²) in [5.74, 6) is -0.394. The van der Waals surface area contributed by atoms with Gasteiger partial charge in [0.05, 0.1) is 16.5 Å². The minimum Gasteiger partial charge on any atom is -0.356 e. The number of nitrogens with one attached hydrogen (secondary N) is 4. The van der Waals surface area contributed by atoms with Gasteiger partial charge in [0, 0.05) is 18.6 Å². The molecule has 55 heavy (non-hydrogen) atoms. The zero-order valence-electron chi connectivity index (χ0n) is 37.4. The number of Topliss-reactive ketones (excluding diaryl/α,β-unsaturated/α-hetero) is 1. The Balaban J connectivity index is 0.00000231. The molecule has 12 nitrogen and oxygen atoms in total. The van der Waals surface area contributed by atoms with Crippen LogP contribution in [-0.2, 0) is 32.7 Å². The molecular formula is C42H83N5O7S. The molecule has 3 aliphatic rings. The van der Waals surface area contributed by atoms with Crippen molar-refractivity contribution in [3.8, 4) is 0 Å². The average Bonchev–Trinajstić information content (AvgIpc) is 4.02. The highest BCUT2D eigenvalue weighted by Gasteiger charge is 2.57. The molecule has 0 radical (unpaired) electrons. The van der Waals surface area contributed by atoms with E-state index >= 15 is 0 Å². The van der Waals surface area contributed by atoms with E-state index in [2.05, 4.69) is 42.0 Å². The molecule has 2 saturated heterocycles. The molecule has 5 atom stereocenters. The highest BCUT2D eigenvalue weighted by Crippen LogP contribution is 2.53. The van der Waals surface area contributed by atoms with E-state index in [-0.39, 0.29) is 41.2 Å². The topological polar surface area (TPSA) is 166 Å². The van der Waals surface area contributed by atoms with Crippen LogP contribution in [-0.4, -0.2) is 92.3 Å². The first-order valence-electron chi connectivity index (χ1n) is 21.3. The van der Waals surface area contributed by atoms with Gasteiger partial charge in [-0.15, -0.1) is 0 Å². The molecule has 0 spiro atoms. The molecule has 0 bridgehead atoms. The summed E-state index contributed by atoms with van der Waals surface area (Å²) >= 11 is 0. The fourth-order valence-electron chi connectivity index (χ4n) is 6.35. The van der Waals surface area contributed by atoms with E-state index < -0.39 is 43.7 Å². The van der Waals surface area contributed by atoms with Gasteiger partial charge in [0.2, 0.25) is 18.2 Å². The first kappa shape index (κ1) is 52.5. The van der Waals surface area contributed by atoms with Crippen molar-refractivity contribution in [3.05, 3.63) is 0 Å². The SMILES string of the molecule is CC.CCC.CCCCCCC(CS1(=O)(C(C)(C)C)CO1)NC(=O)NC(C(=O)N1CCC(C)C1C(=O)N[C@H](CCCC)C(C)=O)C(C)(C)C.O=CNC1CC1. The van der Waals surface area contributed by atoms with Crippen molar-refractivity contribution in [2.45, 2.75) is 209 Å². The molecule has 1 saturated carbocycles. The normalized spacial score (nSPS) is 21.7. The van der Waals surface area contributed by atoms with Gasteiger partial charge < -0.3 is 26.2 Å². The third kappa shape index (κ3) is 17.2. The summed E-state index contributed by atoms with van der Waals surface area (Å²) in [5, 5.41) is 11.5. The Hall–Kier alpha value is -2.54. The maximum absolute atomic E-state index is 14.1. The van der Waals surface area contributed by atoms with Crippen molar-refractivity contribution in [1.29, 1.82) is 0 Å². The van der Waals surface area contributed by atoms with E-state index in [1.807, 2.05) is 69.2 Å². The third-order valence-corrected chi connectivity index (χ3v) is 15.1. The van der Waals surface area contributed by atoms with Crippen molar-refractivity contribution in [1.82, 2.24) is 26.2 Å². The molecular weight excluding hydrogens is 719 g/mol. The monoisotopic (exact) mass is 802 g/mol. The number of likely N-dealkylation sites (tertiary alicyclic amines) is 1. The van der Waals surface area contributed by atoms with Crippen LogP contribution in [0.3, 0.4) is 0 Å². The number of amides is 5. The number of hydrogen-bond donors (Lipinski definition) is 4. The number of ketones is 1. The Morgan fingerprint density at radius 2 is 1.42 bits per heavy atom. The maximum atomic E-state index is 14.1. The molecule has 0 aromatic heterocycles. The van der Waals surface area contributed by atoms with Gasteiger partial charge >= 0.3 is 6.03 Å². The average molecular weight is 802 g/mol. The van der Waals surface area contributed by atoms with Crippen LogP contribution in [0.15, 0.2) is 0 Å². The van der Waals surface area contributed by atoms with Gasteiger partial charge in [0.15, 0.2) is 11.7 Å². The van der Waals surface area contributed by atoms with Gasteiger partial charge in [-0.05, 0) is 71.1 Å². The molecule has 3 rings (SSSR count). The summed E-state index contributed by atoms with van der Waals surface area (Å²) in [5.41, 5.74) is -0.653. The minimum absolute atomic E-state index is 0.0936. The van der Waals surface area contributed by atoms with Gasteiger partial charge in [-0.2, -0.15) is 9.35 Å². The maximum Gasteiger partial charge on any atom is 0.315 e. The van der Waals surface area contributed by atoms with Crippen molar-refractivity contribution in [2.24, 2.45) is 11.3 Å². The summed E-state index contributed by atoms with van der Waals surface area (Å²) in [6, 6.07) is -2.56. The van der Waals surface area contributed by atoms with Crippen LogP contribution in [0.4, 0.5) is 4.79 Å². The second kappa shape index (κ2) is 24.3. The molecule has 4 N–H and O–H groups in total. The van der Waals surface area contributed by atoms with Crippen LogP contribution in [0, 0.1) is 11.3 Å². The van der Waals surface area contributed by atoms with Gasteiger partial charge in [-0.3, -0.25) is 23.4 Å². The lowest BCUT2D eigenvalue weighted by molar-refractivity contribution is -0.143. The van der Waals surface area contributed by atoms with E-state index in [1.165, 1.54) is 26.2 Å². The molecule has 2 aliphatic heterocycles. The number of carbonyl (C=O) groups excluding carboxylic acids is 5. The van der Waals surface area contributed by atoms with Crippen LogP contribution in [0.25, 0.3) is 0 Å². The van der Waals surface area contributed by atoms with E-state index in [0.29, 0.717) is 31.8 Å². The van der Waals surface area contributed by atoms with Gasteiger partial charge in [0.25, 0.3) is 0 Å². The van der Waals surface area contributed by atoms with Crippen LogP contribution in [0.5, 0.6) is 0 Å². The summed E-state index contributed by atoms with van der Waals surface area (Å²) < 4.78 is 19.2. The quantitative estimate of drug-likeness (QED) is 0.0637. The number of urea groups is 1. The van der Waals surface area contributed by atoms with Gasteiger partial charge in [-0.1, -0.05) is 114 Å². The molecule has 0 aromatic carbocycles. The molecule has 324 valence electrons. The Kier molecular flexibility index (Phi) is 23.2.